The van der Waals surface area contributed by atoms with Crippen LogP contribution in [0.4, 0.5) is 11.8 Å². The lowest BCUT2D eigenvalue weighted by Gasteiger charge is -2.12. The first-order valence-electron chi connectivity index (χ1n) is 8.42. The summed E-state index contributed by atoms with van der Waals surface area (Å²) < 4.78 is 4.75. The highest BCUT2D eigenvalue weighted by molar-refractivity contribution is 5.94. The van der Waals surface area contributed by atoms with Crippen LogP contribution in [0.5, 0.6) is 0 Å². The Hall–Kier alpha value is -2.42. The minimum Gasteiger partial charge on any atom is -0.465 e. The van der Waals surface area contributed by atoms with Crippen LogP contribution in [0.25, 0.3) is 0 Å². The number of amides is 1. The largest absolute Gasteiger partial charge is 0.465 e. The Morgan fingerprint density at radius 3 is 2.60 bits per heavy atom. The van der Waals surface area contributed by atoms with Gasteiger partial charge in [0.25, 0.3) is 0 Å². The molecule has 0 fully saturated rings. The molecule has 6 N–H and O–H groups in total. The summed E-state index contributed by atoms with van der Waals surface area (Å²) in [7, 11) is 1.31. The predicted molar refractivity (Wildman–Crippen MR) is 96.2 cm³/mol. The number of nitrogens with zero attached hydrogens (tertiary/aromatic N) is 2. The van der Waals surface area contributed by atoms with Gasteiger partial charge in [0.2, 0.25) is 11.9 Å². The third-order valence-corrected chi connectivity index (χ3v) is 3.70. The van der Waals surface area contributed by atoms with E-state index in [1.807, 2.05) is 0 Å². The molecule has 1 aromatic heterocycles. The Kier molecular flexibility index (Phi) is 9.23. The number of methoxy groups -OCH3 is 1. The van der Waals surface area contributed by atoms with Crippen LogP contribution in [0, 0.1) is 5.92 Å². The molecule has 25 heavy (non-hydrogen) atoms. The number of primary amides is 1. The third-order valence-electron chi connectivity index (χ3n) is 3.70. The molecule has 140 valence electrons. The number of nitrogens with one attached hydrogen (secondary N) is 2. The van der Waals surface area contributed by atoms with E-state index in [1.54, 1.807) is 6.92 Å². The summed E-state index contributed by atoms with van der Waals surface area (Å²) in [6.07, 6.45) is 4.63. The quantitative estimate of drug-likeness (QED) is 0.318. The Morgan fingerprint density at radius 2 is 1.96 bits per heavy atom. The molecular weight excluding hydrogens is 324 g/mol. The molecule has 0 unspecified atom stereocenters. The van der Waals surface area contributed by atoms with E-state index in [9.17, 15) is 9.59 Å². The van der Waals surface area contributed by atoms with E-state index in [4.69, 9.17) is 16.2 Å². The second-order valence-corrected chi connectivity index (χ2v) is 5.74. The number of nitrogens with two attached hydrogens (primary N) is 2. The smallest absolute Gasteiger partial charge is 0.343 e. The van der Waals surface area contributed by atoms with Gasteiger partial charge in [-0.15, -0.1) is 0 Å². The molecule has 0 aromatic carbocycles. The molecule has 1 heterocycles. The first-order valence-corrected chi connectivity index (χ1v) is 8.42. The molecule has 0 aliphatic heterocycles. The Labute approximate surface area is 147 Å². The van der Waals surface area contributed by atoms with Gasteiger partial charge in [0.15, 0.2) is 0 Å². The molecule has 1 amide bonds. The minimum absolute atomic E-state index is 0.188. The van der Waals surface area contributed by atoms with E-state index >= 15 is 0 Å². The zero-order valence-electron chi connectivity index (χ0n) is 14.9. The number of carbonyl (C=O) groups excluding carboxylic acids is 2. The van der Waals surface area contributed by atoms with Gasteiger partial charge in [-0.3, -0.25) is 4.79 Å². The predicted octanol–water partition coefficient (Wildman–Crippen LogP) is 0.728. The zero-order valence-corrected chi connectivity index (χ0v) is 14.9. The highest BCUT2D eigenvalue weighted by atomic mass is 16.5. The minimum atomic E-state index is -0.511. The van der Waals surface area contributed by atoms with Crippen LogP contribution >= 0.6 is 0 Å². The SMILES string of the molecule is COC(=O)c1cnc(NCCCCN)nc1NCCC[C@H](C)C(N)=O. The van der Waals surface area contributed by atoms with E-state index in [2.05, 4.69) is 20.6 Å². The van der Waals surface area contributed by atoms with Crippen molar-refractivity contribution in [2.24, 2.45) is 17.4 Å². The lowest BCUT2D eigenvalue weighted by atomic mass is 10.1. The normalized spacial score (nSPS) is 11.6. The van der Waals surface area contributed by atoms with E-state index in [-0.39, 0.29) is 17.4 Å². The molecule has 1 atom stereocenters. The molecule has 1 aromatic rings. The summed E-state index contributed by atoms with van der Waals surface area (Å²) in [5.41, 5.74) is 11.0. The van der Waals surface area contributed by atoms with Crippen LogP contribution in [0.1, 0.15) is 43.0 Å². The summed E-state index contributed by atoms with van der Waals surface area (Å²) in [4.78, 5) is 31.3. The number of rotatable bonds is 12. The Bertz CT molecular complexity index is 567. The van der Waals surface area contributed by atoms with E-state index in [0.29, 0.717) is 44.2 Å². The molecule has 0 spiro atoms. The monoisotopic (exact) mass is 352 g/mol. The molecule has 0 aliphatic rings. The van der Waals surface area contributed by atoms with Crippen LogP contribution in [0.3, 0.4) is 0 Å². The van der Waals surface area contributed by atoms with Gasteiger partial charge in [0.1, 0.15) is 11.4 Å². The van der Waals surface area contributed by atoms with Crippen molar-refractivity contribution in [1.82, 2.24) is 9.97 Å². The number of aromatic nitrogens is 2. The van der Waals surface area contributed by atoms with Crippen LogP contribution < -0.4 is 22.1 Å². The number of unbranched alkanes of at least 4 members (excludes halogenated alkanes) is 1. The lowest BCUT2D eigenvalue weighted by molar-refractivity contribution is -0.121. The number of anilines is 2. The van der Waals surface area contributed by atoms with Crippen molar-refractivity contribution in [1.29, 1.82) is 0 Å². The highest BCUT2D eigenvalue weighted by Gasteiger charge is 2.15. The standard InChI is InChI=1S/C16H28N6O3/c1-11(13(18)23)6-5-9-19-14-12(15(24)25-2)10-21-16(22-14)20-8-4-3-7-17/h10-11H,3-9,17H2,1-2H3,(H2,18,23)(H2,19,20,21,22)/t11-/m0/s1. The molecule has 0 saturated carbocycles. The molecule has 0 bridgehead atoms. The first kappa shape index (κ1) is 20.6. The molecule has 0 saturated heterocycles. The second-order valence-electron chi connectivity index (χ2n) is 5.74. The summed E-state index contributed by atoms with van der Waals surface area (Å²) in [6.45, 7) is 3.67. The number of carbonyl (C=O) groups is 2. The van der Waals surface area contributed by atoms with Crippen molar-refractivity contribution >= 4 is 23.6 Å². The zero-order chi connectivity index (χ0) is 18.7. The number of ether oxygens (including phenoxy) is 1. The van der Waals surface area contributed by atoms with Crippen molar-refractivity contribution in [2.45, 2.75) is 32.6 Å². The molecule has 9 nitrogen and oxygen atoms in total. The lowest BCUT2D eigenvalue weighted by Crippen LogP contribution is -2.21. The maximum atomic E-state index is 11.8. The third kappa shape index (κ3) is 7.34. The Morgan fingerprint density at radius 1 is 1.24 bits per heavy atom. The van der Waals surface area contributed by atoms with Gasteiger partial charge in [0.05, 0.1) is 7.11 Å². The maximum absolute atomic E-state index is 11.8. The van der Waals surface area contributed by atoms with Crippen LogP contribution in [-0.4, -0.2) is 48.6 Å². The second kappa shape index (κ2) is 11.2. The van der Waals surface area contributed by atoms with Crippen LogP contribution in [0.15, 0.2) is 6.20 Å². The van der Waals surface area contributed by atoms with Gasteiger partial charge in [0, 0.05) is 25.2 Å². The average molecular weight is 352 g/mol. The van der Waals surface area contributed by atoms with Crippen molar-refractivity contribution < 1.29 is 14.3 Å². The van der Waals surface area contributed by atoms with Crippen molar-refractivity contribution in [3.63, 3.8) is 0 Å². The Balaban J connectivity index is 2.67. The van der Waals surface area contributed by atoms with Gasteiger partial charge in [-0.25, -0.2) is 9.78 Å². The van der Waals surface area contributed by atoms with Gasteiger partial charge >= 0.3 is 5.97 Å². The van der Waals surface area contributed by atoms with E-state index in [1.165, 1.54) is 13.3 Å². The van der Waals surface area contributed by atoms with Gasteiger partial charge < -0.3 is 26.8 Å². The summed E-state index contributed by atoms with van der Waals surface area (Å²) in [6, 6.07) is 0. The van der Waals surface area contributed by atoms with Crippen molar-refractivity contribution in [2.75, 3.05) is 37.4 Å². The summed E-state index contributed by atoms with van der Waals surface area (Å²) in [5.74, 6) is -0.191. The topological polar surface area (TPSA) is 145 Å². The number of esters is 1. The van der Waals surface area contributed by atoms with E-state index < -0.39 is 5.97 Å². The fourth-order valence-electron chi connectivity index (χ4n) is 2.09. The average Bonchev–Trinajstić information content (AvgIpc) is 2.61. The molecule has 0 radical (unpaired) electrons. The molecule has 1 rings (SSSR count). The van der Waals surface area contributed by atoms with Gasteiger partial charge in [-0.2, -0.15) is 4.98 Å². The van der Waals surface area contributed by atoms with E-state index in [0.717, 1.165) is 12.8 Å². The molecule has 9 heteroatoms. The van der Waals surface area contributed by atoms with Crippen LogP contribution in [-0.2, 0) is 9.53 Å². The van der Waals surface area contributed by atoms with Crippen LogP contribution in [0.2, 0.25) is 0 Å². The summed E-state index contributed by atoms with van der Waals surface area (Å²) in [5, 5.41) is 6.20. The van der Waals surface area contributed by atoms with Gasteiger partial charge in [-0.1, -0.05) is 6.92 Å². The first-order chi connectivity index (χ1) is 12.0. The van der Waals surface area contributed by atoms with Crippen molar-refractivity contribution in [3.8, 4) is 0 Å². The molecular formula is C16H28N6O3. The molecule has 0 aliphatic carbocycles. The number of hydrogen-bond acceptors (Lipinski definition) is 8. The fourth-order valence-corrected chi connectivity index (χ4v) is 2.09. The maximum Gasteiger partial charge on any atom is 0.343 e. The number of hydrogen-bond donors (Lipinski definition) is 4. The summed E-state index contributed by atoms with van der Waals surface area (Å²) >= 11 is 0. The van der Waals surface area contributed by atoms with Crippen molar-refractivity contribution in [3.05, 3.63) is 11.8 Å². The fraction of sp³-hybridized carbons (Fsp3) is 0.625. The highest BCUT2D eigenvalue weighted by Crippen LogP contribution is 2.16. The van der Waals surface area contributed by atoms with Gasteiger partial charge in [-0.05, 0) is 32.2 Å².